The van der Waals surface area contributed by atoms with Gasteiger partial charge in [0, 0.05) is 6.42 Å². The molecule has 1 N–H and O–H groups in total. The van der Waals surface area contributed by atoms with Crippen LogP contribution in [0.4, 0.5) is 0 Å². The van der Waals surface area contributed by atoms with Gasteiger partial charge in [-0.05, 0) is 18.1 Å². The molecule has 1 rings (SSSR count). The summed E-state index contributed by atoms with van der Waals surface area (Å²) in [5.74, 6) is 1.11. The zero-order valence-electron chi connectivity index (χ0n) is 7.45. The van der Waals surface area contributed by atoms with Crippen molar-refractivity contribution in [2.45, 2.75) is 12.8 Å². The largest absolute Gasteiger partial charge is 0.493 e. The van der Waals surface area contributed by atoms with Crippen LogP contribution in [0, 0.1) is 0 Å². The average Bonchev–Trinajstić information content (AvgIpc) is 2.19. The lowest BCUT2D eigenvalue weighted by atomic mass is 10.0. The molecular formula is C9H12O4. The fourth-order valence-corrected chi connectivity index (χ4v) is 1.19. The molecule has 0 unspecified atom stereocenters. The lowest BCUT2D eigenvalue weighted by molar-refractivity contribution is -0.105. The van der Waals surface area contributed by atoms with Crippen molar-refractivity contribution in [3.05, 3.63) is 23.2 Å². The predicted octanol–water partition coefficient (Wildman–Crippen LogP) is 0.730. The number of carbonyl (C=O) groups is 1. The first-order valence-electron chi connectivity index (χ1n) is 3.98. The van der Waals surface area contributed by atoms with Gasteiger partial charge in [-0.3, -0.25) is 4.79 Å². The fraction of sp³-hybridized carbons (Fsp3) is 0.444. The first-order chi connectivity index (χ1) is 6.31. The Balaban J connectivity index is 2.82. The molecule has 0 spiro atoms. The van der Waals surface area contributed by atoms with Crippen molar-refractivity contribution in [3.63, 3.8) is 0 Å². The monoisotopic (exact) mass is 184 g/mol. The number of aldehydes is 1. The minimum absolute atomic E-state index is 0.369. The van der Waals surface area contributed by atoms with E-state index in [-0.39, 0.29) is 6.79 Å². The summed E-state index contributed by atoms with van der Waals surface area (Å²) in [6.07, 6.45) is 3.65. The van der Waals surface area contributed by atoms with Crippen LogP contribution in [-0.2, 0) is 14.3 Å². The Morgan fingerprint density at radius 1 is 1.62 bits per heavy atom. The molecule has 0 aliphatic heterocycles. The summed E-state index contributed by atoms with van der Waals surface area (Å²) in [6.45, 7) is -0.369. The van der Waals surface area contributed by atoms with Crippen molar-refractivity contribution in [2.75, 3.05) is 13.9 Å². The molecule has 4 heteroatoms. The highest BCUT2D eigenvalue weighted by atomic mass is 16.6. The van der Waals surface area contributed by atoms with E-state index in [1.165, 1.54) is 7.11 Å². The van der Waals surface area contributed by atoms with E-state index in [9.17, 15) is 4.79 Å². The number of aliphatic hydroxyl groups is 1. The number of hydrogen-bond acceptors (Lipinski definition) is 4. The van der Waals surface area contributed by atoms with Crippen molar-refractivity contribution < 1.29 is 19.4 Å². The van der Waals surface area contributed by atoms with Crippen molar-refractivity contribution in [2.24, 2.45) is 0 Å². The van der Waals surface area contributed by atoms with Gasteiger partial charge >= 0.3 is 0 Å². The minimum atomic E-state index is -0.369. The van der Waals surface area contributed by atoms with Crippen molar-refractivity contribution in [3.8, 4) is 0 Å². The van der Waals surface area contributed by atoms with Crippen LogP contribution in [0.1, 0.15) is 12.8 Å². The molecule has 0 aromatic heterocycles. The zero-order chi connectivity index (χ0) is 9.68. The van der Waals surface area contributed by atoms with Crippen LogP contribution in [0.3, 0.4) is 0 Å². The van der Waals surface area contributed by atoms with E-state index in [0.29, 0.717) is 29.9 Å². The normalized spacial score (nSPS) is 16.6. The predicted molar refractivity (Wildman–Crippen MR) is 45.6 cm³/mol. The summed E-state index contributed by atoms with van der Waals surface area (Å²) >= 11 is 0. The summed E-state index contributed by atoms with van der Waals surface area (Å²) in [4.78, 5) is 10.4. The molecule has 1 aliphatic rings. The number of ether oxygens (including phenoxy) is 2. The summed E-state index contributed by atoms with van der Waals surface area (Å²) in [5, 5.41) is 8.55. The number of rotatable bonds is 4. The van der Waals surface area contributed by atoms with Gasteiger partial charge in [0.1, 0.15) is 12.0 Å². The number of aliphatic hydroxyl groups excluding tert-OH is 1. The Bertz CT molecular complexity index is 252. The second kappa shape index (κ2) is 4.67. The van der Waals surface area contributed by atoms with E-state index >= 15 is 0 Å². The number of allylic oxidation sites excluding steroid dienone is 3. The van der Waals surface area contributed by atoms with Gasteiger partial charge in [-0.1, -0.05) is 0 Å². The van der Waals surface area contributed by atoms with Gasteiger partial charge in [-0.2, -0.15) is 0 Å². The third kappa shape index (κ3) is 2.32. The molecule has 0 aromatic carbocycles. The van der Waals surface area contributed by atoms with Gasteiger partial charge in [-0.25, -0.2) is 0 Å². The third-order valence-corrected chi connectivity index (χ3v) is 1.84. The van der Waals surface area contributed by atoms with Crippen LogP contribution in [0.25, 0.3) is 0 Å². The van der Waals surface area contributed by atoms with Crippen LogP contribution in [0.15, 0.2) is 23.2 Å². The van der Waals surface area contributed by atoms with Gasteiger partial charge in [0.2, 0.25) is 0 Å². The number of hydrogen-bond donors (Lipinski definition) is 1. The first-order valence-corrected chi connectivity index (χ1v) is 3.98. The molecule has 13 heavy (non-hydrogen) atoms. The van der Waals surface area contributed by atoms with Gasteiger partial charge in [0.25, 0.3) is 0 Å². The lowest BCUT2D eigenvalue weighted by Gasteiger charge is -2.16. The lowest BCUT2D eigenvalue weighted by Crippen LogP contribution is -2.05. The zero-order valence-corrected chi connectivity index (χ0v) is 7.45. The van der Waals surface area contributed by atoms with Crippen molar-refractivity contribution in [1.29, 1.82) is 0 Å². The summed E-state index contributed by atoms with van der Waals surface area (Å²) in [6, 6.07) is 0. The second-order valence-electron chi connectivity index (χ2n) is 2.60. The van der Waals surface area contributed by atoms with E-state index in [2.05, 4.69) is 0 Å². The van der Waals surface area contributed by atoms with Gasteiger partial charge in [0.15, 0.2) is 12.6 Å². The standard InChI is InChI=1S/C9H12O4/c1-12-9-4-7(5-10)2-3-8(9)13-6-11/h4-5,11H,2-3,6H2,1H3. The maximum atomic E-state index is 10.4. The molecule has 0 amide bonds. The molecule has 72 valence electrons. The topological polar surface area (TPSA) is 55.8 Å². The molecule has 0 fully saturated rings. The van der Waals surface area contributed by atoms with Gasteiger partial charge < -0.3 is 14.6 Å². The second-order valence-corrected chi connectivity index (χ2v) is 2.60. The molecule has 0 saturated heterocycles. The maximum Gasteiger partial charge on any atom is 0.186 e. The Hall–Kier alpha value is -1.29. The average molecular weight is 184 g/mol. The number of carbonyl (C=O) groups excluding carboxylic acids is 1. The third-order valence-electron chi connectivity index (χ3n) is 1.84. The summed E-state index contributed by atoms with van der Waals surface area (Å²) in [7, 11) is 1.50. The highest BCUT2D eigenvalue weighted by molar-refractivity contribution is 5.74. The van der Waals surface area contributed by atoms with E-state index < -0.39 is 0 Å². The van der Waals surface area contributed by atoms with Crippen LogP contribution in [0.2, 0.25) is 0 Å². The van der Waals surface area contributed by atoms with Crippen LogP contribution < -0.4 is 0 Å². The Labute approximate surface area is 76.5 Å². The molecular weight excluding hydrogens is 172 g/mol. The van der Waals surface area contributed by atoms with Crippen molar-refractivity contribution >= 4 is 6.29 Å². The van der Waals surface area contributed by atoms with Crippen LogP contribution in [-0.4, -0.2) is 25.3 Å². The highest BCUT2D eigenvalue weighted by Crippen LogP contribution is 2.23. The molecule has 0 aromatic rings. The molecule has 0 radical (unpaired) electrons. The summed E-state index contributed by atoms with van der Waals surface area (Å²) < 4.78 is 9.93. The summed E-state index contributed by atoms with van der Waals surface area (Å²) in [5.41, 5.74) is 0.683. The fourth-order valence-electron chi connectivity index (χ4n) is 1.19. The minimum Gasteiger partial charge on any atom is -0.493 e. The van der Waals surface area contributed by atoms with E-state index in [4.69, 9.17) is 14.6 Å². The molecule has 0 atom stereocenters. The quantitative estimate of drug-likeness (QED) is 0.517. The van der Waals surface area contributed by atoms with Crippen LogP contribution >= 0.6 is 0 Å². The molecule has 0 saturated carbocycles. The SMILES string of the molecule is COC1=C(OCO)CCC(C=O)=C1. The molecule has 0 heterocycles. The molecule has 4 nitrogen and oxygen atoms in total. The maximum absolute atomic E-state index is 10.4. The van der Waals surface area contributed by atoms with Gasteiger partial charge in [-0.15, -0.1) is 0 Å². The Kier molecular flexibility index (Phi) is 3.52. The smallest absolute Gasteiger partial charge is 0.186 e. The number of methoxy groups -OCH3 is 1. The van der Waals surface area contributed by atoms with Crippen LogP contribution in [0.5, 0.6) is 0 Å². The highest BCUT2D eigenvalue weighted by Gasteiger charge is 2.14. The Morgan fingerprint density at radius 3 is 2.92 bits per heavy atom. The molecule has 0 bridgehead atoms. The van der Waals surface area contributed by atoms with E-state index in [0.717, 1.165) is 6.29 Å². The first kappa shape index (κ1) is 9.80. The molecule has 1 aliphatic carbocycles. The van der Waals surface area contributed by atoms with E-state index in [1.807, 2.05) is 0 Å². The van der Waals surface area contributed by atoms with Gasteiger partial charge in [0.05, 0.1) is 7.11 Å². The van der Waals surface area contributed by atoms with E-state index in [1.54, 1.807) is 6.08 Å². The Morgan fingerprint density at radius 2 is 2.38 bits per heavy atom. The van der Waals surface area contributed by atoms with Crippen molar-refractivity contribution in [1.82, 2.24) is 0 Å².